The molecule has 0 radical (unpaired) electrons. The van der Waals surface area contributed by atoms with Gasteiger partial charge in [-0.2, -0.15) is 0 Å². The highest BCUT2D eigenvalue weighted by Crippen LogP contribution is 2.23. The molecular weight excluding hydrogens is 184 g/mol. The summed E-state index contributed by atoms with van der Waals surface area (Å²) in [6.07, 6.45) is 8.45. The lowest BCUT2D eigenvalue weighted by atomic mass is 9.86. The molecule has 0 aromatic rings. The summed E-state index contributed by atoms with van der Waals surface area (Å²) in [5.74, 6) is 1.88. The molecule has 1 saturated carbocycles. The maximum absolute atomic E-state index is 3.79. The summed E-state index contributed by atoms with van der Waals surface area (Å²) in [6, 6.07) is 0.823. The first-order valence-electron chi connectivity index (χ1n) is 6.78. The third-order valence-electron chi connectivity index (χ3n) is 4.09. The van der Waals surface area contributed by atoms with Gasteiger partial charge in [-0.3, -0.25) is 0 Å². The molecule has 2 N–H and O–H groups in total. The molecule has 1 heterocycles. The fourth-order valence-electron chi connectivity index (χ4n) is 3.04. The van der Waals surface area contributed by atoms with Crippen molar-refractivity contribution >= 4 is 0 Å². The first-order valence-corrected chi connectivity index (χ1v) is 6.78. The van der Waals surface area contributed by atoms with Crippen molar-refractivity contribution in [1.29, 1.82) is 0 Å². The van der Waals surface area contributed by atoms with Crippen LogP contribution in [0.5, 0.6) is 0 Å². The highest BCUT2D eigenvalue weighted by atomic mass is 14.9. The van der Waals surface area contributed by atoms with Crippen LogP contribution in [0.1, 0.15) is 45.4 Å². The maximum Gasteiger partial charge on any atom is 0.00697 e. The summed E-state index contributed by atoms with van der Waals surface area (Å²) in [5.41, 5.74) is 0. The van der Waals surface area contributed by atoms with Gasteiger partial charge < -0.3 is 10.6 Å². The SMILES string of the molecule is CC1CCCC(NCC2CCNCC2)C1. The van der Waals surface area contributed by atoms with Crippen LogP contribution in [-0.2, 0) is 0 Å². The predicted octanol–water partition coefficient (Wildman–Crippen LogP) is 2.15. The van der Waals surface area contributed by atoms with Crippen molar-refractivity contribution in [2.24, 2.45) is 11.8 Å². The summed E-state index contributed by atoms with van der Waals surface area (Å²) < 4.78 is 0. The van der Waals surface area contributed by atoms with Crippen LogP contribution in [0.25, 0.3) is 0 Å². The molecule has 1 saturated heterocycles. The molecule has 0 bridgehead atoms. The van der Waals surface area contributed by atoms with Crippen molar-refractivity contribution in [3.63, 3.8) is 0 Å². The first kappa shape index (κ1) is 11.4. The number of rotatable bonds is 3. The molecule has 0 aromatic carbocycles. The van der Waals surface area contributed by atoms with E-state index in [1.165, 1.54) is 58.2 Å². The van der Waals surface area contributed by atoms with Crippen LogP contribution in [-0.4, -0.2) is 25.7 Å². The van der Waals surface area contributed by atoms with Gasteiger partial charge >= 0.3 is 0 Å². The largest absolute Gasteiger partial charge is 0.317 e. The Hall–Kier alpha value is -0.0800. The normalized spacial score (nSPS) is 34.2. The predicted molar refractivity (Wildman–Crippen MR) is 65.0 cm³/mol. The molecule has 88 valence electrons. The van der Waals surface area contributed by atoms with Crippen LogP contribution in [0.15, 0.2) is 0 Å². The van der Waals surface area contributed by atoms with Gasteiger partial charge in [0.05, 0.1) is 0 Å². The molecule has 0 aromatic heterocycles. The van der Waals surface area contributed by atoms with Crippen LogP contribution in [0.3, 0.4) is 0 Å². The first-order chi connectivity index (χ1) is 7.34. The molecule has 2 atom stereocenters. The standard InChI is InChI=1S/C13H26N2/c1-11-3-2-4-13(9-11)15-10-12-5-7-14-8-6-12/h11-15H,2-10H2,1H3. The van der Waals surface area contributed by atoms with Gasteiger partial charge in [0.1, 0.15) is 0 Å². The Morgan fingerprint density at radius 3 is 2.67 bits per heavy atom. The van der Waals surface area contributed by atoms with Gasteiger partial charge in [0.25, 0.3) is 0 Å². The zero-order chi connectivity index (χ0) is 10.5. The van der Waals surface area contributed by atoms with Gasteiger partial charge in [-0.1, -0.05) is 19.8 Å². The van der Waals surface area contributed by atoms with Crippen LogP contribution in [0.4, 0.5) is 0 Å². The summed E-state index contributed by atoms with van der Waals surface area (Å²) in [7, 11) is 0. The fraction of sp³-hybridized carbons (Fsp3) is 1.00. The molecular formula is C13H26N2. The van der Waals surface area contributed by atoms with Gasteiger partial charge in [-0.15, -0.1) is 0 Å². The van der Waals surface area contributed by atoms with Crippen LogP contribution >= 0.6 is 0 Å². The molecule has 0 spiro atoms. The van der Waals surface area contributed by atoms with Crippen molar-refractivity contribution in [3.8, 4) is 0 Å². The summed E-state index contributed by atoms with van der Waals surface area (Å²) in [5, 5.41) is 7.23. The van der Waals surface area contributed by atoms with Crippen molar-refractivity contribution in [2.75, 3.05) is 19.6 Å². The lowest BCUT2D eigenvalue weighted by Crippen LogP contribution is -2.39. The smallest absolute Gasteiger partial charge is 0.00697 e. The molecule has 0 amide bonds. The van der Waals surface area contributed by atoms with Crippen LogP contribution in [0.2, 0.25) is 0 Å². The van der Waals surface area contributed by atoms with Crippen molar-refractivity contribution in [2.45, 2.75) is 51.5 Å². The van der Waals surface area contributed by atoms with E-state index in [0.29, 0.717) is 0 Å². The molecule has 15 heavy (non-hydrogen) atoms. The maximum atomic E-state index is 3.79. The third kappa shape index (κ3) is 3.76. The van der Waals surface area contributed by atoms with Crippen LogP contribution < -0.4 is 10.6 Å². The lowest BCUT2D eigenvalue weighted by Gasteiger charge is -2.30. The van der Waals surface area contributed by atoms with E-state index in [1.807, 2.05) is 0 Å². The number of hydrogen-bond donors (Lipinski definition) is 2. The second-order valence-electron chi connectivity index (χ2n) is 5.57. The molecule has 2 unspecified atom stereocenters. The van der Waals surface area contributed by atoms with E-state index < -0.39 is 0 Å². The van der Waals surface area contributed by atoms with E-state index in [0.717, 1.165) is 17.9 Å². The average molecular weight is 210 g/mol. The Morgan fingerprint density at radius 1 is 1.13 bits per heavy atom. The highest BCUT2D eigenvalue weighted by Gasteiger charge is 2.20. The van der Waals surface area contributed by atoms with E-state index in [2.05, 4.69) is 17.6 Å². The number of piperidine rings is 1. The number of nitrogens with one attached hydrogen (secondary N) is 2. The Morgan fingerprint density at radius 2 is 1.93 bits per heavy atom. The average Bonchev–Trinajstić information content (AvgIpc) is 2.28. The minimum atomic E-state index is 0.823. The third-order valence-corrected chi connectivity index (χ3v) is 4.09. The quantitative estimate of drug-likeness (QED) is 0.746. The van der Waals surface area contributed by atoms with Gasteiger partial charge in [0.2, 0.25) is 0 Å². The van der Waals surface area contributed by atoms with Crippen molar-refractivity contribution in [3.05, 3.63) is 0 Å². The highest BCUT2D eigenvalue weighted by molar-refractivity contribution is 4.78. The van der Waals surface area contributed by atoms with Crippen molar-refractivity contribution in [1.82, 2.24) is 10.6 Å². The summed E-state index contributed by atoms with van der Waals surface area (Å²) in [4.78, 5) is 0. The molecule has 2 aliphatic rings. The summed E-state index contributed by atoms with van der Waals surface area (Å²) >= 11 is 0. The minimum absolute atomic E-state index is 0.823. The molecule has 2 nitrogen and oxygen atoms in total. The van der Waals surface area contributed by atoms with E-state index in [-0.39, 0.29) is 0 Å². The van der Waals surface area contributed by atoms with Gasteiger partial charge in [0, 0.05) is 6.04 Å². The molecule has 1 aliphatic heterocycles. The Balaban J connectivity index is 1.63. The second kappa shape index (κ2) is 5.86. The Bertz CT molecular complexity index is 175. The molecule has 2 rings (SSSR count). The fourth-order valence-corrected chi connectivity index (χ4v) is 3.04. The number of hydrogen-bond acceptors (Lipinski definition) is 2. The molecule has 2 heteroatoms. The van der Waals surface area contributed by atoms with E-state index >= 15 is 0 Å². The van der Waals surface area contributed by atoms with Gasteiger partial charge in [-0.25, -0.2) is 0 Å². The minimum Gasteiger partial charge on any atom is -0.317 e. The van der Waals surface area contributed by atoms with Crippen molar-refractivity contribution < 1.29 is 0 Å². The zero-order valence-electron chi connectivity index (χ0n) is 10.1. The molecule has 2 fully saturated rings. The van der Waals surface area contributed by atoms with Gasteiger partial charge in [-0.05, 0) is 57.2 Å². The Kier molecular flexibility index (Phi) is 4.45. The monoisotopic (exact) mass is 210 g/mol. The van der Waals surface area contributed by atoms with E-state index in [4.69, 9.17) is 0 Å². The van der Waals surface area contributed by atoms with E-state index in [9.17, 15) is 0 Å². The van der Waals surface area contributed by atoms with Crippen LogP contribution in [0, 0.1) is 11.8 Å². The molecule has 1 aliphatic carbocycles. The zero-order valence-corrected chi connectivity index (χ0v) is 10.1. The summed E-state index contributed by atoms with van der Waals surface area (Å²) in [6.45, 7) is 6.12. The Labute approximate surface area is 94.2 Å². The second-order valence-corrected chi connectivity index (χ2v) is 5.57. The topological polar surface area (TPSA) is 24.1 Å². The van der Waals surface area contributed by atoms with E-state index in [1.54, 1.807) is 0 Å². The lowest BCUT2D eigenvalue weighted by molar-refractivity contribution is 0.273. The van der Waals surface area contributed by atoms with Gasteiger partial charge in [0.15, 0.2) is 0 Å².